The first-order chi connectivity index (χ1) is 7.33. The lowest BCUT2D eigenvalue weighted by Gasteiger charge is -2.02. The maximum Gasteiger partial charge on any atom is 0.339 e. The highest BCUT2D eigenvalue weighted by Gasteiger charge is 2.11. The van der Waals surface area contributed by atoms with E-state index in [1.54, 1.807) is 30.5 Å². The Bertz CT molecular complexity index is 496. The molecule has 3 nitrogen and oxygen atoms in total. The minimum Gasteiger partial charge on any atom is -0.464 e. The summed E-state index contributed by atoms with van der Waals surface area (Å²) in [6.07, 6.45) is 3.09. The van der Waals surface area contributed by atoms with Gasteiger partial charge in [-0.05, 0) is 18.2 Å². The van der Waals surface area contributed by atoms with Crippen molar-refractivity contribution >= 4 is 16.9 Å². The van der Waals surface area contributed by atoms with E-state index < -0.39 is 0 Å². The van der Waals surface area contributed by atoms with E-state index >= 15 is 0 Å². The summed E-state index contributed by atoms with van der Waals surface area (Å²) in [6.45, 7) is 3.70. The van der Waals surface area contributed by atoms with Gasteiger partial charge in [-0.3, -0.25) is 0 Å². The summed E-state index contributed by atoms with van der Waals surface area (Å²) < 4.78 is 10.1. The van der Waals surface area contributed by atoms with Crippen molar-refractivity contribution in [3.8, 4) is 0 Å². The second kappa shape index (κ2) is 4.00. The van der Waals surface area contributed by atoms with Crippen molar-refractivity contribution in [1.29, 1.82) is 0 Å². The molecule has 15 heavy (non-hydrogen) atoms. The first kappa shape index (κ1) is 9.52. The summed E-state index contributed by atoms with van der Waals surface area (Å²) in [6, 6.07) is 7.03. The largest absolute Gasteiger partial charge is 0.464 e. The van der Waals surface area contributed by atoms with Gasteiger partial charge >= 0.3 is 5.97 Å². The van der Waals surface area contributed by atoms with Gasteiger partial charge in [0.25, 0.3) is 0 Å². The zero-order valence-electron chi connectivity index (χ0n) is 8.10. The maximum absolute atomic E-state index is 11.6. The molecule has 2 aromatic rings. The predicted octanol–water partition coefficient (Wildman–Crippen LogP) is 2.78. The van der Waals surface area contributed by atoms with E-state index in [1.807, 2.05) is 0 Å². The summed E-state index contributed by atoms with van der Waals surface area (Å²) in [7, 11) is 0. The Kier molecular flexibility index (Phi) is 2.54. The number of benzene rings is 1. The van der Waals surface area contributed by atoms with Gasteiger partial charge in [-0.1, -0.05) is 18.7 Å². The summed E-state index contributed by atoms with van der Waals surface area (Å²) in [5, 5.41) is 0.770. The van der Waals surface area contributed by atoms with Crippen LogP contribution in [-0.2, 0) is 4.74 Å². The zero-order chi connectivity index (χ0) is 10.7. The van der Waals surface area contributed by atoms with Crippen molar-refractivity contribution < 1.29 is 13.9 Å². The number of hydrogen-bond donors (Lipinski definition) is 0. The van der Waals surface area contributed by atoms with Crippen molar-refractivity contribution in [1.82, 2.24) is 0 Å². The van der Waals surface area contributed by atoms with Gasteiger partial charge in [0.2, 0.25) is 0 Å². The third-order valence-corrected chi connectivity index (χ3v) is 2.05. The molecule has 3 heteroatoms. The molecular weight excluding hydrogens is 192 g/mol. The molecular formula is C12H10O3. The van der Waals surface area contributed by atoms with Gasteiger partial charge in [-0.25, -0.2) is 4.79 Å². The minimum atomic E-state index is -0.359. The number of rotatable bonds is 3. The van der Waals surface area contributed by atoms with E-state index in [0.717, 1.165) is 5.39 Å². The van der Waals surface area contributed by atoms with Crippen LogP contribution in [0.15, 0.2) is 47.6 Å². The molecule has 1 aromatic heterocycles. The summed E-state index contributed by atoms with van der Waals surface area (Å²) >= 11 is 0. The van der Waals surface area contributed by atoms with Gasteiger partial charge in [0.05, 0.1) is 11.8 Å². The van der Waals surface area contributed by atoms with Crippen LogP contribution < -0.4 is 0 Å². The van der Waals surface area contributed by atoms with E-state index in [1.165, 1.54) is 6.08 Å². The van der Waals surface area contributed by atoms with Crippen molar-refractivity contribution in [2.45, 2.75) is 0 Å². The van der Waals surface area contributed by atoms with E-state index in [-0.39, 0.29) is 12.6 Å². The molecule has 0 atom stereocenters. The highest BCUT2D eigenvalue weighted by atomic mass is 16.5. The standard InChI is InChI=1S/C12H10O3/c1-2-7-15-12(13)10-4-3-5-11-9(10)6-8-14-11/h2-6,8H,1,7H2. The molecule has 1 heterocycles. The highest BCUT2D eigenvalue weighted by Crippen LogP contribution is 2.20. The molecule has 1 aromatic carbocycles. The molecule has 0 fully saturated rings. The Labute approximate surface area is 87.0 Å². The van der Waals surface area contributed by atoms with Crippen LogP contribution in [0, 0.1) is 0 Å². The fourth-order valence-corrected chi connectivity index (χ4v) is 1.38. The number of hydrogen-bond acceptors (Lipinski definition) is 3. The van der Waals surface area contributed by atoms with Crippen LogP contribution in [0.5, 0.6) is 0 Å². The van der Waals surface area contributed by atoms with Gasteiger partial charge in [0.15, 0.2) is 0 Å². The van der Waals surface area contributed by atoms with Gasteiger partial charge in [-0.15, -0.1) is 0 Å². The number of carbonyl (C=O) groups excluding carboxylic acids is 1. The highest BCUT2D eigenvalue weighted by molar-refractivity contribution is 6.03. The van der Waals surface area contributed by atoms with Gasteiger partial charge < -0.3 is 9.15 Å². The summed E-state index contributed by atoms with van der Waals surface area (Å²) in [5.74, 6) is -0.359. The van der Waals surface area contributed by atoms with Gasteiger partial charge in [0, 0.05) is 5.39 Å². The van der Waals surface area contributed by atoms with E-state index in [9.17, 15) is 4.79 Å². The first-order valence-corrected chi connectivity index (χ1v) is 4.57. The van der Waals surface area contributed by atoms with E-state index in [2.05, 4.69) is 6.58 Å². The lowest BCUT2D eigenvalue weighted by Crippen LogP contribution is -2.05. The molecule has 0 spiro atoms. The fraction of sp³-hybridized carbons (Fsp3) is 0.0833. The fourth-order valence-electron chi connectivity index (χ4n) is 1.38. The number of furan rings is 1. The Balaban J connectivity index is 2.38. The quantitative estimate of drug-likeness (QED) is 0.567. The van der Waals surface area contributed by atoms with Crippen molar-refractivity contribution in [2.24, 2.45) is 0 Å². The van der Waals surface area contributed by atoms with Crippen molar-refractivity contribution in [3.05, 3.63) is 48.7 Å². The number of esters is 1. The Hall–Kier alpha value is -2.03. The molecule has 0 saturated carbocycles. The molecule has 0 bridgehead atoms. The second-order valence-corrected chi connectivity index (χ2v) is 3.03. The predicted molar refractivity (Wildman–Crippen MR) is 56.7 cm³/mol. The monoisotopic (exact) mass is 202 g/mol. The average molecular weight is 202 g/mol. The van der Waals surface area contributed by atoms with Crippen molar-refractivity contribution in [3.63, 3.8) is 0 Å². The Morgan fingerprint density at radius 2 is 2.33 bits per heavy atom. The summed E-state index contributed by atoms with van der Waals surface area (Å²) in [5.41, 5.74) is 1.20. The molecule has 0 aliphatic rings. The molecule has 0 aliphatic carbocycles. The van der Waals surface area contributed by atoms with Crippen LogP contribution in [0.1, 0.15) is 10.4 Å². The number of carbonyl (C=O) groups is 1. The lowest BCUT2D eigenvalue weighted by molar-refractivity contribution is 0.0552. The maximum atomic E-state index is 11.6. The molecule has 0 radical (unpaired) electrons. The third kappa shape index (κ3) is 1.76. The SMILES string of the molecule is C=CCOC(=O)c1cccc2occc12. The summed E-state index contributed by atoms with van der Waals surface area (Å²) in [4.78, 5) is 11.6. The molecule has 0 unspecified atom stereocenters. The van der Waals surface area contributed by atoms with Crippen LogP contribution in [0.2, 0.25) is 0 Å². The van der Waals surface area contributed by atoms with E-state index in [0.29, 0.717) is 11.1 Å². The molecule has 0 amide bonds. The second-order valence-electron chi connectivity index (χ2n) is 3.03. The molecule has 0 saturated heterocycles. The third-order valence-electron chi connectivity index (χ3n) is 2.05. The molecule has 0 N–H and O–H groups in total. The Morgan fingerprint density at radius 1 is 1.47 bits per heavy atom. The van der Waals surface area contributed by atoms with Gasteiger partial charge in [-0.2, -0.15) is 0 Å². The van der Waals surface area contributed by atoms with E-state index in [4.69, 9.17) is 9.15 Å². The van der Waals surface area contributed by atoms with Crippen LogP contribution in [0.3, 0.4) is 0 Å². The Morgan fingerprint density at radius 3 is 3.13 bits per heavy atom. The molecule has 76 valence electrons. The van der Waals surface area contributed by atoms with Crippen molar-refractivity contribution in [2.75, 3.05) is 6.61 Å². The average Bonchev–Trinajstić information content (AvgIpc) is 2.73. The van der Waals surface area contributed by atoms with Gasteiger partial charge in [0.1, 0.15) is 12.2 Å². The molecule has 0 aliphatic heterocycles. The van der Waals surface area contributed by atoms with Crippen LogP contribution >= 0.6 is 0 Å². The molecule has 2 rings (SSSR count). The lowest BCUT2D eigenvalue weighted by atomic mass is 10.1. The van der Waals surface area contributed by atoms with Crippen LogP contribution in [-0.4, -0.2) is 12.6 Å². The number of fused-ring (bicyclic) bond motifs is 1. The normalized spacial score (nSPS) is 10.1. The van der Waals surface area contributed by atoms with Crippen LogP contribution in [0.4, 0.5) is 0 Å². The topological polar surface area (TPSA) is 39.4 Å². The first-order valence-electron chi connectivity index (χ1n) is 4.57. The zero-order valence-corrected chi connectivity index (χ0v) is 8.10. The number of ether oxygens (including phenoxy) is 1. The smallest absolute Gasteiger partial charge is 0.339 e. The minimum absolute atomic E-state index is 0.215. The van der Waals surface area contributed by atoms with Crippen LogP contribution in [0.25, 0.3) is 11.0 Å².